The predicted molar refractivity (Wildman–Crippen MR) is 103 cm³/mol. The molecule has 0 aliphatic carbocycles. The third kappa shape index (κ3) is 4.41. The van der Waals surface area contributed by atoms with Gasteiger partial charge in [-0.05, 0) is 40.5 Å². The zero-order valence-electron chi connectivity index (χ0n) is 14.8. The lowest BCUT2D eigenvalue weighted by molar-refractivity contribution is -0.120. The summed E-state index contributed by atoms with van der Waals surface area (Å²) in [5, 5.41) is 15.2. The fourth-order valence-electron chi connectivity index (χ4n) is 3.02. The lowest BCUT2D eigenvalue weighted by atomic mass is 10.0. The first-order valence-corrected chi connectivity index (χ1v) is 8.73. The number of fused-ring (bicyclic) bond motifs is 1. The largest absolute Gasteiger partial charge is 0.497 e. The van der Waals surface area contributed by atoms with Gasteiger partial charge in [0, 0.05) is 6.54 Å². The number of aliphatic hydroxyl groups is 1. The van der Waals surface area contributed by atoms with Crippen LogP contribution in [0, 0.1) is 0 Å². The van der Waals surface area contributed by atoms with Gasteiger partial charge in [0.15, 0.2) is 0 Å². The molecule has 2 N–H and O–H groups in total. The standard InChI is InChI=1S/C22H23NO3/c1-26-19-11-10-16-8-5-9-18(20(16)15-19)14-22(25)23-13-12-21(24)17-6-3-2-4-7-17/h2-11,15,21,24H,12-14H2,1H3,(H,23,25). The molecular weight excluding hydrogens is 326 g/mol. The van der Waals surface area contributed by atoms with Gasteiger partial charge < -0.3 is 15.2 Å². The van der Waals surface area contributed by atoms with Crippen molar-refractivity contribution in [2.75, 3.05) is 13.7 Å². The molecule has 0 aliphatic heterocycles. The predicted octanol–water partition coefficient (Wildman–Crippen LogP) is 3.63. The highest BCUT2D eigenvalue weighted by Gasteiger charge is 2.10. The van der Waals surface area contributed by atoms with Crippen LogP contribution >= 0.6 is 0 Å². The Kier molecular flexibility index (Phi) is 5.87. The summed E-state index contributed by atoms with van der Waals surface area (Å²) in [5.41, 5.74) is 1.82. The van der Waals surface area contributed by atoms with Crippen molar-refractivity contribution in [1.82, 2.24) is 5.32 Å². The van der Waals surface area contributed by atoms with E-state index < -0.39 is 6.10 Å². The molecule has 0 aromatic heterocycles. The Morgan fingerprint density at radius 3 is 2.65 bits per heavy atom. The lowest BCUT2D eigenvalue weighted by Gasteiger charge is -2.12. The summed E-state index contributed by atoms with van der Waals surface area (Å²) in [6.07, 6.45) is 0.212. The van der Waals surface area contributed by atoms with E-state index in [-0.39, 0.29) is 5.91 Å². The molecule has 26 heavy (non-hydrogen) atoms. The first-order chi connectivity index (χ1) is 12.7. The van der Waals surface area contributed by atoms with E-state index in [9.17, 15) is 9.90 Å². The second-order valence-electron chi connectivity index (χ2n) is 6.25. The number of nitrogens with one attached hydrogen (secondary N) is 1. The number of hydrogen-bond acceptors (Lipinski definition) is 3. The number of benzene rings is 3. The number of carbonyl (C=O) groups is 1. The second kappa shape index (κ2) is 8.50. The molecule has 4 heteroatoms. The van der Waals surface area contributed by atoms with Crippen molar-refractivity contribution in [3.05, 3.63) is 77.9 Å². The molecule has 3 rings (SSSR count). The molecule has 134 valence electrons. The molecule has 0 spiro atoms. The number of rotatable bonds is 7. The summed E-state index contributed by atoms with van der Waals surface area (Å²) in [4.78, 5) is 12.3. The maximum atomic E-state index is 12.3. The number of amides is 1. The number of aliphatic hydroxyl groups excluding tert-OH is 1. The van der Waals surface area contributed by atoms with E-state index in [1.807, 2.05) is 66.7 Å². The van der Waals surface area contributed by atoms with Crippen LogP contribution in [0.3, 0.4) is 0 Å². The minimum absolute atomic E-state index is 0.0550. The average molecular weight is 349 g/mol. The molecule has 0 fully saturated rings. The Labute approximate surface area is 153 Å². The van der Waals surface area contributed by atoms with Crippen molar-refractivity contribution >= 4 is 16.7 Å². The van der Waals surface area contributed by atoms with E-state index in [4.69, 9.17) is 4.74 Å². The lowest BCUT2D eigenvalue weighted by Crippen LogP contribution is -2.27. The summed E-state index contributed by atoms with van der Waals surface area (Å²) in [6, 6.07) is 21.3. The normalized spacial score (nSPS) is 11.9. The Morgan fingerprint density at radius 2 is 1.88 bits per heavy atom. The Balaban J connectivity index is 1.59. The van der Waals surface area contributed by atoms with Crippen LogP contribution < -0.4 is 10.1 Å². The highest BCUT2D eigenvalue weighted by atomic mass is 16.5. The van der Waals surface area contributed by atoms with Crippen molar-refractivity contribution in [1.29, 1.82) is 0 Å². The van der Waals surface area contributed by atoms with Crippen LogP contribution in [-0.4, -0.2) is 24.7 Å². The molecule has 0 aliphatic rings. The van der Waals surface area contributed by atoms with E-state index in [0.717, 1.165) is 27.6 Å². The van der Waals surface area contributed by atoms with E-state index in [2.05, 4.69) is 5.32 Å². The first-order valence-electron chi connectivity index (χ1n) is 8.73. The SMILES string of the molecule is COc1ccc2cccc(CC(=O)NCCC(O)c3ccccc3)c2c1. The van der Waals surface area contributed by atoms with Gasteiger partial charge in [-0.15, -0.1) is 0 Å². The van der Waals surface area contributed by atoms with E-state index in [1.165, 1.54) is 0 Å². The van der Waals surface area contributed by atoms with Crippen molar-refractivity contribution in [2.24, 2.45) is 0 Å². The Hall–Kier alpha value is -2.85. The van der Waals surface area contributed by atoms with Gasteiger partial charge in [0.1, 0.15) is 5.75 Å². The average Bonchev–Trinajstić information content (AvgIpc) is 2.68. The molecule has 3 aromatic rings. The van der Waals surface area contributed by atoms with Crippen LogP contribution in [0.15, 0.2) is 66.7 Å². The zero-order chi connectivity index (χ0) is 18.4. The van der Waals surface area contributed by atoms with E-state index in [0.29, 0.717) is 19.4 Å². The quantitative estimate of drug-likeness (QED) is 0.685. The molecule has 0 bridgehead atoms. The third-order valence-corrected chi connectivity index (χ3v) is 4.45. The summed E-state index contributed by atoms with van der Waals surface area (Å²) < 4.78 is 5.29. The third-order valence-electron chi connectivity index (χ3n) is 4.45. The molecule has 1 unspecified atom stereocenters. The van der Waals surface area contributed by atoms with Crippen LogP contribution in [-0.2, 0) is 11.2 Å². The molecule has 0 saturated heterocycles. The minimum atomic E-state index is -0.571. The van der Waals surface area contributed by atoms with Gasteiger partial charge in [0.2, 0.25) is 5.91 Å². The smallest absolute Gasteiger partial charge is 0.224 e. The highest BCUT2D eigenvalue weighted by Crippen LogP contribution is 2.24. The number of hydrogen-bond donors (Lipinski definition) is 2. The van der Waals surface area contributed by atoms with Crippen LogP contribution in [0.25, 0.3) is 10.8 Å². The van der Waals surface area contributed by atoms with Gasteiger partial charge in [0.25, 0.3) is 0 Å². The van der Waals surface area contributed by atoms with Gasteiger partial charge in [-0.25, -0.2) is 0 Å². The first kappa shape index (κ1) is 18.0. The summed E-state index contributed by atoms with van der Waals surface area (Å²) >= 11 is 0. The van der Waals surface area contributed by atoms with Crippen LogP contribution in [0.4, 0.5) is 0 Å². The maximum Gasteiger partial charge on any atom is 0.224 e. The molecule has 1 amide bonds. The van der Waals surface area contributed by atoms with Gasteiger partial charge in [-0.3, -0.25) is 4.79 Å². The fraction of sp³-hybridized carbons (Fsp3) is 0.227. The zero-order valence-corrected chi connectivity index (χ0v) is 14.8. The van der Waals surface area contributed by atoms with Gasteiger partial charge >= 0.3 is 0 Å². The number of carbonyl (C=O) groups excluding carboxylic acids is 1. The van der Waals surface area contributed by atoms with Crippen molar-refractivity contribution in [3.63, 3.8) is 0 Å². The van der Waals surface area contributed by atoms with Gasteiger partial charge in [-0.2, -0.15) is 0 Å². The second-order valence-corrected chi connectivity index (χ2v) is 6.25. The van der Waals surface area contributed by atoms with Crippen molar-refractivity contribution in [2.45, 2.75) is 18.9 Å². The maximum absolute atomic E-state index is 12.3. The molecule has 0 heterocycles. The monoisotopic (exact) mass is 349 g/mol. The van der Waals surface area contributed by atoms with Crippen LogP contribution in [0.2, 0.25) is 0 Å². The van der Waals surface area contributed by atoms with Crippen LogP contribution in [0.5, 0.6) is 5.75 Å². The minimum Gasteiger partial charge on any atom is -0.497 e. The number of ether oxygens (including phenoxy) is 1. The van der Waals surface area contributed by atoms with E-state index >= 15 is 0 Å². The van der Waals surface area contributed by atoms with Crippen molar-refractivity contribution < 1.29 is 14.6 Å². The molecule has 4 nitrogen and oxygen atoms in total. The van der Waals surface area contributed by atoms with Gasteiger partial charge in [0.05, 0.1) is 19.6 Å². The Bertz CT molecular complexity index is 877. The van der Waals surface area contributed by atoms with Crippen molar-refractivity contribution in [3.8, 4) is 5.75 Å². The summed E-state index contributed by atoms with van der Waals surface area (Å²) in [6.45, 7) is 0.434. The molecule has 0 saturated carbocycles. The number of methoxy groups -OCH3 is 1. The molecule has 0 radical (unpaired) electrons. The summed E-state index contributed by atoms with van der Waals surface area (Å²) in [7, 11) is 1.63. The summed E-state index contributed by atoms with van der Waals surface area (Å²) in [5.74, 6) is 0.719. The molecule has 3 aromatic carbocycles. The van der Waals surface area contributed by atoms with Crippen LogP contribution in [0.1, 0.15) is 23.7 Å². The fourth-order valence-corrected chi connectivity index (χ4v) is 3.02. The topological polar surface area (TPSA) is 58.6 Å². The Morgan fingerprint density at radius 1 is 1.08 bits per heavy atom. The van der Waals surface area contributed by atoms with Gasteiger partial charge in [-0.1, -0.05) is 54.6 Å². The highest BCUT2D eigenvalue weighted by molar-refractivity contribution is 5.91. The van der Waals surface area contributed by atoms with E-state index in [1.54, 1.807) is 7.11 Å². The molecular formula is C22H23NO3. The molecule has 1 atom stereocenters.